The van der Waals surface area contributed by atoms with Gasteiger partial charge in [0, 0.05) is 24.8 Å². The van der Waals surface area contributed by atoms with Crippen LogP contribution in [0.2, 0.25) is 0 Å². The first kappa shape index (κ1) is 13.7. The van der Waals surface area contributed by atoms with Gasteiger partial charge in [0.05, 0.1) is 6.20 Å². The summed E-state index contributed by atoms with van der Waals surface area (Å²) in [4.78, 5) is 0. The molecule has 4 heteroatoms. The summed E-state index contributed by atoms with van der Waals surface area (Å²) in [7, 11) is 1.89. The number of aromatic nitrogens is 2. The zero-order valence-corrected chi connectivity index (χ0v) is 11.7. The molecule has 0 aliphatic carbocycles. The van der Waals surface area contributed by atoms with E-state index in [0.29, 0.717) is 0 Å². The quantitative estimate of drug-likeness (QED) is 0.897. The van der Waals surface area contributed by atoms with E-state index in [4.69, 9.17) is 0 Å². The van der Waals surface area contributed by atoms with E-state index in [0.717, 1.165) is 29.7 Å². The maximum absolute atomic E-state index is 14.1. The molecule has 1 atom stereocenters. The second-order valence-electron chi connectivity index (χ2n) is 4.86. The average Bonchev–Trinajstić information content (AvgIpc) is 2.74. The largest absolute Gasteiger partial charge is 0.310 e. The third-order valence-electron chi connectivity index (χ3n) is 3.18. The molecule has 0 saturated heterocycles. The minimum atomic E-state index is -0.144. The SMILES string of the molecule is CCNC(Cc1cnn(C)c1)c1ccc(C)cc1F. The molecule has 0 amide bonds. The number of nitrogens with zero attached hydrogens (tertiary/aromatic N) is 2. The molecule has 1 aromatic carbocycles. The van der Waals surface area contributed by atoms with Crippen molar-refractivity contribution in [3.63, 3.8) is 0 Å². The lowest BCUT2D eigenvalue weighted by Crippen LogP contribution is -2.23. The number of likely N-dealkylation sites (N-methyl/N-ethyl adjacent to an activating group) is 1. The highest BCUT2D eigenvalue weighted by Crippen LogP contribution is 2.22. The first-order valence-corrected chi connectivity index (χ1v) is 6.57. The summed E-state index contributed by atoms with van der Waals surface area (Å²) >= 11 is 0. The predicted molar refractivity (Wildman–Crippen MR) is 74.5 cm³/mol. The molecule has 0 spiro atoms. The minimum absolute atomic E-state index is 0.0187. The van der Waals surface area contributed by atoms with Crippen LogP contribution in [0.3, 0.4) is 0 Å². The Morgan fingerprint density at radius 2 is 2.21 bits per heavy atom. The van der Waals surface area contributed by atoms with E-state index >= 15 is 0 Å². The van der Waals surface area contributed by atoms with Gasteiger partial charge in [-0.1, -0.05) is 19.1 Å². The summed E-state index contributed by atoms with van der Waals surface area (Å²) in [6, 6.07) is 5.39. The van der Waals surface area contributed by atoms with E-state index in [2.05, 4.69) is 10.4 Å². The fourth-order valence-electron chi connectivity index (χ4n) is 2.27. The van der Waals surface area contributed by atoms with E-state index < -0.39 is 0 Å². The molecular weight excluding hydrogens is 241 g/mol. The Morgan fingerprint density at radius 1 is 1.42 bits per heavy atom. The molecule has 102 valence electrons. The van der Waals surface area contributed by atoms with Gasteiger partial charge in [0.25, 0.3) is 0 Å². The summed E-state index contributed by atoms with van der Waals surface area (Å²) in [5.74, 6) is -0.144. The Hall–Kier alpha value is -1.68. The molecule has 0 bridgehead atoms. The van der Waals surface area contributed by atoms with Gasteiger partial charge in [0.15, 0.2) is 0 Å². The van der Waals surface area contributed by atoms with E-state index in [1.54, 1.807) is 10.7 Å². The second kappa shape index (κ2) is 5.97. The van der Waals surface area contributed by atoms with Crippen LogP contribution in [-0.4, -0.2) is 16.3 Å². The van der Waals surface area contributed by atoms with Crippen molar-refractivity contribution in [2.24, 2.45) is 7.05 Å². The smallest absolute Gasteiger partial charge is 0.128 e. The molecule has 2 aromatic rings. The highest BCUT2D eigenvalue weighted by Gasteiger charge is 2.16. The first-order valence-electron chi connectivity index (χ1n) is 6.57. The van der Waals surface area contributed by atoms with Crippen LogP contribution in [0, 0.1) is 12.7 Å². The standard InChI is InChI=1S/C15H20FN3/c1-4-17-15(8-12-9-18-19(3)10-12)13-6-5-11(2)7-14(13)16/h5-7,9-10,15,17H,4,8H2,1-3H3. The van der Waals surface area contributed by atoms with Gasteiger partial charge >= 0.3 is 0 Å². The number of benzene rings is 1. The number of nitrogens with one attached hydrogen (secondary N) is 1. The fourth-order valence-corrected chi connectivity index (χ4v) is 2.27. The molecule has 0 fully saturated rings. The Kier molecular flexibility index (Phi) is 4.32. The highest BCUT2D eigenvalue weighted by atomic mass is 19.1. The van der Waals surface area contributed by atoms with Crippen LogP contribution in [-0.2, 0) is 13.5 Å². The number of rotatable bonds is 5. The van der Waals surface area contributed by atoms with Crippen LogP contribution >= 0.6 is 0 Å². The Bertz CT molecular complexity index is 548. The molecule has 0 saturated carbocycles. The Labute approximate surface area is 113 Å². The van der Waals surface area contributed by atoms with Crippen molar-refractivity contribution in [3.8, 4) is 0 Å². The van der Waals surface area contributed by atoms with Gasteiger partial charge in [-0.25, -0.2) is 4.39 Å². The molecule has 1 heterocycles. The Morgan fingerprint density at radius 3 is 2.79 bits per heavy atom. The Balaban J connectivity index is 2.23. The minimum Gasteiger partial charge on any atom is -0.310 e. The number of halogens is 1. The van der Waals surface area contributed by atoms with Crippen molar-refractivity contribution < 1.29 is 4.39 Å². The molecule has 0 radical (unpaired) electrons. The zero-order valence-electron chi connectivity index (χ0n) is 11.7. The van der Waals surface area contributed by atoms with Gasteiger partial charge in [-0.2, -0.15) is 5.10 Å². The third-order valence-corrected chi connectivity index (χ3v) is 3.18. The fraction of sp³-hybridized carbons (Fsp3) is 0.400. The number of hydrogen-bond donors (Lipinski definition) is 1. The average molecular weight is 261 g/mol. The van der Waals surface area contributed by atoms with Gasteiger partial charge < -0.3 is 5.32 Å². The molecule has 0 aliphatic rings. The summed E-state index contributed by atoms with van der Waals surface area (Å²) < 4.78 is 15.8. The van der Waals surface area contributed by atoms with Crippen LogP contribution in [0.4, 0.5) is 4.39 Å². The maximum atomic E-state index is 14.1. The number of hydrogen-bond acceptors (Lipinski definition) is 2. The summed E-state index contributed by atoms with van der Waals surface area (Å²) in [5, 5.41) is 7.50. The summed E-state index contributed by atoms with van der Waals surface area (Å²) in [6.07, 6.45) is 4.54. The molecule has 1 aromatic heterocycles. The van der Waals surface area contributed by atoms with Crippen LogP contribution in [0.1, 0.15) is 29.7 Å². The summed E-state index contributed by atoms with van der Waals surface area (Å²) in [6.45, 7) is 4.73. The summed E-state index contributed by atoms with van der Waals surface area (Å²) in [5.41, 5.74) is 2.77. The molecule has 1 N–H and O–H groups in total. The topological polar surface area (TPSA) is 29.9 Å². The zero-order chi connectivity index (χ0) is 13.8. The highest BCUT2D eigenvalue weighted by molar-refractivity contribution is 5.27. The molecule has 2 rings (SSSR count). The monoisotopic (exact) mass is 261 g/mol. The molecule has 0 aliphatic heterocycles. The van der Waals surface area contributed by atoms with Crippen molar-refractivity contribution in [1.82, 2.24) is 15.1 Å². The van der Waals surface area contributed by atoms with Crippen molar-refractivity contribution in [3.05, 3.63) is 53.1 Å². The van der Waals surface area contributed by atoms with E-state index in [1.807, 2.05) is 45.4 Å². The van der Waals surface area contributed by atoms with Crippen molar-refractivity contribution in [2.45, 2.75) is 26.3 Å². The van der Waals surface area contributed by atoms with Crippen LogP contribution < -0.4 is 5.32 Å². The molecular formula is C15H20FN3. The molecule has 3 nitrogen and oxygen atoms in total. The third kappa shape index (κ3) is 3.41. The maximum Gasteiger partial charge on any atom is 0.128 e. The lowest BCUT2D eigenvalue weighted by atomic mass is 9.99. The van der Waals surface area contributed by atoms with Gasteiger partial charge in [-0.15, -0.1) is 0 Å². The van der Waals surface area contributed by atoms with Crippen LogP contribution in [0.25, 0.3) is 0 Å². The van der Waals surface area contributed by atoms with E-state index in [-0.39, 0.29) is 11.9 Å². The molecule has 19 heavy (non-hydrogen) atoms. The van der Waals surface area contributed by atoms with Gasteiger partial charge in [-0.05, 0) is 37.1 Å². The second-order valence-corrected chi connectivity index (χ2v) is 4.86. The molecule has 1 unspecified atom stereocenters. The lowest BCUT2D eigenvalue weighted by molar-refractivity contribution is 0.509. The van der Waals surface area contributed by atoms with Crippen molar-refractivity contribution >= 4 is 0 Å². The van der Waals surface area contributed by atoms with Gasteiger partial charge in [0.2, 0.25) is 0 Å². The number of aryl methyl sites for hydroxylation is 2. The predicted octanol–water partition coefficient (Wildman–Crippen LogP) is 2.76. The van der Waals surface area contributed by atoms with E-state index in [1.165, 1.54) is 0 Å². The van der Waals surface area contributed by atoms with Crippen molar-refractivity contribution in [2.75, 3.05) is 6.54 Å². The normalized spacial score (nSPS) is 12.6. The first-order chi connectivity index (χ1) is 9.10. The van der Waals surface area contributed by atoms with Gasteiger partial charge in [0.1, 0.15) is 5.82 Å². The van der Waals surface area contributed by atoms with Crippen LogP contribution in [0.5, 0.6) is 0 Å². The lowest BCUT2D eigenvalue weighted by Gasteiger charge is -2.18. The van der Waals surface area contributed by atoms with Crippen molar-refractivity contribution in [1.29, 1.82) is 0 Å². The van der Waals surface area contributed by atoms with E-state index in [9.17, 15) is 4.39 Å². The van der Waals surface area contributed by atoms with Crippen LogP contribution in [0.15, 0.2) is 30.6 Å². The van der Waals surface area contributed by atoms with Gasteiger partial charge in [-0.3, -0.25) is 4.68 Å².